The minimum Gasteiger partial charge on any atom is -0.481 e. The van der Waals surface area contributed by atoms with Gasteiger partial charge in [0.25, 0.3) is 0 Å². The van der Waals surface area contributed by atoms with E-state index < -0.39 is 5.97 Å². The molecule has 0 saturated carbocycles. The highest BCUT2D eigenvalue weighted by Crippen LogP contribution is 2.10. The van der Waals surface area contributed by atoms with E-state index >= 15 is 0 Å². The number of carbonyl (C=O) groups is 1. The normalized spacial score (nSPS) is 9.81. The third-order valence-electron chi connectivity index (χ3n) is 2.55. The SMILES string of the molecule is C.O=C(O)CCCCCCCCCCCO. The van der Waals surface area contributed by atoms with Crippen LogP contribution < -0.4 is 0 Å². The van der Waals surface area contributed by atoms with E-state index in [-0.39, 0.29) is 7.43 Å². The number of hydrogen-bond donors (Lipinski definition) is 2. The van der Waals surface area contributed by atoms with Crippen LogP contribution in [0.1, 0.15) is 71.6 Å². The Morgan fingerprint density at radius 1 is 0.750 bits per heavy atom. The highest BCUT2D eigenvalue weighted by atomic mass is 16.4. The van der Waals surface area contributed by atoms with Crippen LogP contribution in [-0.4, -0.2) is 22.8 Å². The lowest BCUT2D eigenvalue weighted by Gasteiger charge is -2.00. The topological polar surface area (TPSA) is 57.5 Å². The van der Waals surface area contributed by atoms with Gasteiger partial charge in [0, 0.05) is 13.0 Å². The molecule has 0 unspecified atom stereocenters. The molecule has 98 valence electrons. The highest BCUT2D eigenvalue weighted by Gasteiger charge is 1.96. The number of unbranched alkanes of at least 4 members (excludes halogenated alkanes) is 8. The summed E-state index contributed by atoms with van der Waals surface area (Å²) in [6.07, 6.45) is 10.3. The molecule has 0 heterocycles. The second-order valence-electron chi connectivity index (χ2n) is 4.05. The first-order valence-electron chi connectivity index (χ1n) is 6.10. The molecule has 0 aromatic carbocycles. The Balaban J connectivity index is 0. The summed E-state index contributed by atoms with van der Waals surface area (Å²) >= 11 is 0. The molecule has 16 heavy (non-hydrogen) atoms. The summed E-state index contributed by atoms with van der Waals surface area (Å²) in [4.78, 5) is 10.2. The summed E-state index contributed by atoms with van der Waals surface area (Å²) in [5.41, 5.74) is 0. The molecule has 0 aliphatic rings. The Morgan fingerprint density at radius 3 is 1.50 bits per heavy atom. The van der Waals surface area contributed by atoms with Gasteiger partial charge in [-0.05, 0) is 12.8 Å². The van der Waals surface area contributed by atoms with Crippen LogP contribution in [0.4, 0.5) is 0 Å². The average molecular weight is 232 g/mol. The van der Waals surface area contributed by atoms with Crippen LogP contribution >= 0.6 is 0 Å². The average Bonchev–Trinajstić information content (AvgIpc) is 2.20. The van der Waals surface area contributed by atoms with Gasteiger partial charge in [-0.15, -0.1) is 0 Å². The summed E-state index contributed by atoms with van der Waals surface area (Å²) in [5.74, 6) is -0.681. The van der Waals surface area contributed by atoms with Crippen molar-refractivity contribution < 1.29 is 15.0 Å². The Labute approximate surface area is 99.9 Å². The molecule has 0 bridgehead atoms. The van der Waals surface area contributed by atoms with Gasteiger partial charge in [0.2, 0.25) is 0 Å². The molecule has 0 fully saturated rings. The fraction of sp³-hybridized carbons (Fsp3) is 0.923. The number of carboxylic acid groups (broad SMARTS) is 1. The standard InChI is InChI=1S/C12H24O3.CH4/c13-11-9-7-5-3-1-2-4-6-8-10-12(14)15;/h13H,1-11H2,(H,14,15);1H4. The van der Waals surface area contributed by atoms with Crippen LogP contribution in [0.5, 0.6) is 0 Å². The number of aliphatic hydroxyl groups is 1. The third kappa shape index (κ3) is 15.9. The molecule has 0 amide bonds. The lowest BCUT2D eigenvalue weighted by atomic mass is 10.1. The van der Waals surface area contributed by atoms with Gasteiger partial charge in [-0.3, -0.25) is 4.79 Å². The maximum Gasteiger partial charge on any atom is 0.303 e. The molecule has 0 aliphatic carbocycles. The van der Waals surface area contributed by atoms with Gasteiger partial charge in [-0.25, -0.2) is 0 Å². The fourth-order valence-corrected chi connectivity index (χ4v) is 1.63. The highest BCUT2D eigenvalue weighted by molar-refractivity contribution is 5.66. The van der Waals surface area contributed by atoms with Gasteiger partial charge in [0.1, 0.15) is 0 Å². The second-order valence-corrected chi connectivity index (χ2v) is 4.05. The van der Waals surface area contributed by atoms with Crippen molar-refractivity contribution in [3.05, 3.63) is 0 Å². The molecular formula is C13H28O3. The van der Waals surface area contributed by atoms with Crippen molar-refractivity contribution in [2.45, 2.75) is 71.6 Å². The zero-order valence-corrected chi connectivity index (χ0v) is 9.58. The zero-order valence-electron chi connectivity index (χ0n) is 9.58. The van der Waals surface area contributed by atoms with Crippen LogP contribution in [0.2, 0.25) is 0 Å². The summed E-state index contributed by atoms with van der Waals surface area (Å²) in [6, 6.07) is 0. The lowest BCUT2D eigenvalue weighted by Crippen LogP contribution is -1.93. The molecule has 0 aromatic rings. The third-order valence-corrected chi connectivity index (χ3v) is 2.55. The van der Waals surface area contributed by atoms with Crippen LogP contribution in [0, 0.1) is 0 Å². The van der Waals surface area contributed by atoms with E-state index in [4.69, 9.17) is 10.2 Å². The van der Waals surface area contributed by atoms with E-state index in [1.54, 1.807) is 0 Å². The first kappa shape index (κ1) is 17.8. The van der Waals surface area contributed by atoms with Gasteiger partial charge in [0.15, 0.2) is 0 Å². The predicted octanol–water partition coefficient (Wildman–Crippen LogP) is 3.60. The Bertz CT molecular complexity index is 146. The smallest absolute Gasteiger partial charge is 0.303 e. The lowest BCUT2D eigenvalue weighted by molar-refractivity contribution is -0.137. The predicted molar refractivity (Wildman–Crippen MR) is 67.6 cm³/mol. The van der Waals surface area contributed by atoms with Crippen LogP contribution in [-0.2, 0) is 4.79 Å². The van der Waals surface area contributed by atoms with Crippen molar-refractivity contribution in [1.82, 2.24) is 0 Å². The van der Waals surface area contributed by atoms with Crippen LogP contribution in [0.25, 0.3) is 0 Å². The van der Waals surface area contributed by atoms with Crippen molar-refractivity contribution in [1.29, 1.82) is 0 Å². The van der Waals surface area contributed by atoms with E-state index in [0.29, 0.717) is 13.0 Å². The Kier molecular flexibility index (Phi) is 16.1. The van der Waals surface area contributed by atoms with Gasteiger partial charge < -0.3 is 10.2 Å². The number of carboxylic acids is 1. The number of hydrogen-bond acceptors (Lipinski definition) is 2. The van der Waals surface area contributed by atoms with Crippen molar-refractivity contribution in [2.75, 3.05) is 6.61 Å². The minimum absolute atomic E-state index is 0. The maximum absolute atomic E-state index is 10.2. The zero-order chi connectivity index (χ0) is 11.4. The van der Waals surface area contributed by atoms with Crippen molar-refractivity contribution >= 4 is 5.97 Å². The largest absolute Gasteiger partial charge is 0.481 e. The summed E-state index contributed by atoms with van der Waals surface area (Å²) in [7, 11) is 0. The minimum atomic E-state index is -0.681. The van der Waals surface area contributed by atoms with E-state index in [1.165, 1.54) is 25.7 Å². The Hall–Kier alpha value is -0.570. The molecule has 0 saturated heterocycles. The maximum atomic E-state index is 10.2. The second kappa shape index (κ2) is 14.4. The molecule has 0 atom stereocenters. The molecule has 0 aromatic heterocycles. The van der Waals surface area contributed by atoms with E-state index in [1.807, 2.05) is 0 Å². The first-order chi connectivity index (χ1) is 7.27. The number of rotatable bonds is 11. The van der Waals surface area contributed by atoms with Crippen molar-refractivity contribution in [2.24, 2.45) is 0 Å². The molecule has 0 rings (SSSR count). The summed E-state index contributed by atoms with van der Waals surface area (Å²) in [5, 5.41) is 17.0. The van der Waals surface area contributed by atoms with Gasteiger partial charge in [-0.2, -0.15) is 0 Å². The van der Waals surface area contributed by atoms with Crippen molar-refractivity contribution in [3.63, 3.8) is 0 Å². The van der Waals surface area contributed by atoms with Crippen LogP contribution in [0.3, 0.4) is 0 Å². The van der Waals surface area contributed by atoms with Crippen LogP contribution in [0.15, 0.2) is 0 Å². The van der Waals surface area contributed by atoms with Crippen molar-refractivity contribution in [3.8, 4) is 0 Å². The number of aliphatic hydroxyl groups excluding tert-OH is 1. The number of aliphatic carboxylic acids is 1. The van der Waals surface area contributed by atoms with Gasteiger partial charge in [-0.1, -0.05) is 52.4 Å². The molecule has 0 radical (unpaired) electrons. The van der Waals surface area contributed by atoms with E-state index in [9.17, 15) is 4.79 Å². The van der Waals surface area contributed by atoms with E-state index in [2.05, 4.69) is 0 Å². The van der Waals surface area contributed by atoms with E-state index in [0.717, 1.165) is 32.1 Å². The molecule has 2 N–H and O–H groups in total. The monoisotopic (exact) mass is 232 g/mol. The molecule has 0 spiro atoms. The molecular weight excluding hydrogens is 204 g/mol. The Morgan fingerprint density at radius 2 is 1.12 bits per heavy atom. The van der Waals surface area contributed by atoms with Gasteiger partial charge in [0.05, 0.1) is 0 Å². The molecule has 3 heteroatoms. The molecule has 3 nitrogen and oxygen atoms in total. The van der Waals surface area contributed by atoms with Gasteiger partial charge >= 0.3 is 5.97 Å². The fourth-order valence-electron chi connectivity index (χ4n) is 1.63. The molecule has 0 aliphatic heterocycles. The summed E-state index contributed by atoms with van der Waals surface area (Å²) in [6.45, 7) is 0.315. The quantitative estimate of drug-likeness (QED) is 0.535. The summed E-state index contributed by atoms with van der Waals surface area (Å²) < 4.78 is 0. The first-order valence-corrected chi connectivity index (χ1v) is 6.10.